The van der Waals surface area contributed by atoms with Crippen molar-refractivity contribution in [2.24, 2.45) is 0 Å². The quantitative estimate of drug-likeness (QED) is 0.857. The molecule has 3 N–H and O–H groups in total. The molecule has 9 heteroatoms. The number of hydrogen-bond acceptors (Lipinski definition) is 7. The summed E-state index contributed by atoms with van der Waals surface area (Å²) in [5.41, 5.74) is 7.51. The summed E-state index contributed by atoms with van der Waals surface area (Å²) in [6.45, 7) is 1.33. The third-order valence-corrected chi connectivity index (χ3v) is 6.27. The molecule has 0 atom stereocenters. The molecule has 120 valence electrons. The lowest BCUT2D eigenvalue weighted by atomic mass is 10.0. The van der Waals surface area contributed by atoms with Gasteiger partial charge in [-0.3, -0.25) is 0 Å². The molecular formula is C14H15N5O2S2. The van der Waals surface area contributed by atoms with E-state index in [4.69, 9.17) is 11.0 Å². The van der Waals surface area contributed by atoms with Crippen molar-refractivity contribution < 1.29 is 8.42 Å². The fourth-order valence-corrected chi connectivity index (χ4v) is 4.34. The molecular weight excluding hydrogens is 334 g/mol. The van der Waals surface area contributed by atoms with Crippen LogP contribution in [0.15, 0.2) is 23.2 Å². The van der Waals surface area contributed by atoms with Crippen molar-refractivity contribution in [2.45, 2.75) is 17.9 Å². The molecule has 0 unspecified atom stereocenters. The van der Waals surface area contributed by atoms with Crippen molar-refractivity contribution >= 4 is 32.2 Å². The van der Waals surface area contributed by atoms with Crippen LogP contribution in [0.2, 0.25) is 0 Å². The minimum Gasteiger partial charge on any atom is -0.389 e. The smallest absolute Gasteiger partial charge is 0.241 e. The maximum atomic E-state index is 11.7. The summed E-state index contributed by atoms with van der Waals surface area (Å²) < 4.78 is 25.7. The van der Waals surface area contributed by atoms with Crippen LogP contribution in [0.4, 0.5) is 10.8 Å². The topological polar surface area (TPSA) is 112 Å². The first-order valence-electron chi connectivity index (χ1n) is 6.91. The third kappa shape index (κ3) is 2.76. The highest BCUT2D eigenvalue weighted by Crippen LogP contribution is 2.35. The Bertz CT molecular complexity index is 881. The van der Waals surface area contributed by atoms with Crippen LogP contribution in [0.3, 0.4) is 0 Å². The first-order chi connectivity index (χ1) is 11.0. The first-order valence-corrected chi connectivity index (χ1v) is 9.21. The molecule has 0 saturated carbocycles. The number of nitrogens with one attached hydrogen (secondary N) is 1. The monoisotopic (exact) mass is 349 g/mol. The second kappa shape index (κ2) is 5.81. The second-order valence-corrected chi connectivity index (χ2v) is 8.11. The number of rotatable bonds is 3. The molecule has 1 aliphatic rings. The number of pyridine rings is 1. The van der Waals surface area contributed by atoms with Crippen LogP contribution < -0.4 is 15.4 Å². The Morgan fingerprint density at radius 1 is 1.48 bits per heavy atom. The Hall–Kier alpha value is -2.15. The van der Waals surface area contributed by atoms with Gasteiger partial charge in [-0.15, -0.1) is 11.3 Å². The minimum absolute atomic E-state index is 0.133. The number of hydrogen-bond donors (Lipinski definition) is 2. The van der Waals surface area contributed by atoms with Gasteiger partial charge in [-0.25, -0.2) is 18.1 Å². The number of nitriles is 1. The second-order valence-electron chi connectivity index (χ2n) is 5.09. The van der Waals surface area contributed by atoms with Crippen molar-refractivity contribution in [1.82, 2.24) is 9.71 Å². The first kappa shape index (κ1) is 15.7. The van der Waals surface area contributed by atoms with Crippen molar-refractivity contribution in [2.75, 3.05) is 24.2 Å². The zero-order chi connectivity index (χ0) is 16.6. The Morgan fingerprint density at radius 3 is 2.87 bits per heavy atom. The summed E-state index contributed by atoms with van der Waals surface area (Å²) >= 11 is 1.43. The maximum absolute atomic E-state index is 11.7. The van der Waals surface area contributed by atoms with E-state index in [0.29, 0.717) is 29.5 Å². The molecule has 0 aliphatic carbocycles. The minimum atomic E-state index is -3.48. The molecule has 0 saturated heterocycles. The Labute approximate surface area is 138 Å². The van der Waals surface area contributed by atoms with Crippen LogP contribution in [-0.2, 0) is 23.0 Å². The van der Waals surface area contributed by atoms with Crippen LogP contribution >= 0.6 is 11.3 Å². The molecule has 0 fully saturated rings. The van der Waals surface area contributed by atoms with E-state index in [1.165, 1.54) is 30.6 Å². The Kier molecular flexibility index (Phi) is 3.97. The number of aromatic nitrogens is 1. The van der Waals surface area contributed by atoms with Gasteiger partial charge in [0.1, 0.15) is 21.8 Å². The highest BCUT2D eigenvalue weighted by molar-refractivity contribution is 7.89. The molecule has 0 spiro atoms. The van der Waals surface area contributed by atoms with Crippen molar-refractivity contribution in [3.05, 3.63) is 34.3 Å². The zero-order valence-electron chi connectivity index (χ0n) is 12.4. The van der Waals surface area contributed by atoms with E-state index < -0.39 is 10.0 Å². The lowest BCUT2D eigenvalue weighted by molar-refractivity contribution is 0.587. The van der Waals surface area contributed by atoms with E-state index in [1.54, 1.807) is 6.07 Å². The SMILES string of the molecule is CNS(=O)(=O)c1ccc(N2CCc3c(sc(N)c3C#N)C2)nc1. The van der Waals surface area contributed by atoms with Gasteiger partial charge in [-0.1, -0.05) is 0 Å². The third-order valence-electron chi connectivity index (χ3n) is 3.82. The van der Waals surface area contributed by atoms with E-state index in [9.17, 15) is 8.42 Å². The number of nitrogens with two attached hydrogens (primary N) is 1. The summed E-state index contributed by atoms with van der Waals surface area (Å²) in [6, 6.07) is 5.39. The van der Waals surface area contributed by atoms with Gasteiger partial charge >= 0.3 is 0 Å². The van der Waals surface area contributed by atoms with Crippen LogP contribution in [0.25, 0.3) is 0 Å². The van der Waals surface area contributed by atoms with Gasteiger partial charge in [-0.05, 0) is 31.2 Å². The van der Waals surface area contributed by atoms with E-state index in [2.05, 4.69) is 20.7 Å². The molecule has 3 heterocycles. The van der Waals surface area contributed by atoms with E-state index >= 15 is 0 Å². The van der Waals surface area contributed by atoms with Crippen LogP contribution in [-0.4, -0.2) is 27.0 Å². The van der Waals surface area contributed by atoms with Crippen LogP contribution in [0, 0.1) is 11.3 Å². The number of anilines is 2. The average molecular weight is 349 g/mol. The summed E-state index contributed by atoms with van der Waals surface area (Å²) in [7, 11) is -2.12. The average Bonchev–Trinajstić information content (AvgIpc) is 2.89. The fraction of sp³-hybridized carbons (Fsp3) is 0.286. The lowest BCUT2D eigenvalue weighted by Crippen LogP contribution is -2.30. The summed E-state index contributed by atoms with van der Waals surface area (Å²) in [6.07, 6.45) is 2.07. The van der Waals surface area contributed by atoms with Gasteiger partial charge in [0.25, 0.3) is 0 Å². The van der Waals surface area contributed by atoms with E-state index in [0.717, 1.165) is 16.9 Å². The zero-order valence-corrected chi connectivity index (χ0v) is 14.0. The Morgan fingerprint density at radius 2 is 2.26 bits per heavy atom. The normalized spacial score (nSPS) is 14.3. The summed E-state index contributed by atoms with van der Waals surface area (Å²) in [5.74, 6) is 0.705. The van der Waals surface area contributed by atoms with Gasteiger partial charge < -0.3 is 10.6 Å². The van der Waals surface area contributed by atoms with E-state index in [1.807, 2.05) is 0 Å². The Balaban J connectivity index is 1.86. The molecule has 0 bridgehead atoms. The number of thiophene rings is 1. The molecule has 2 aromatic heterocycles. The van der Waals surface area contributed by atoms with Crippen molar-refractivity contribution in [1.29, 1.82) is 5.26 Å². The lowest BCUT2D eigenvalue weighted by Gasteiger charge is -2.28. The fourth-order valence-electron chi connectivity index (χ4n) is 2.58. The van der Waals surface area contributed by atoms with Gasteiger partial charge in [0.15, 0.2) is 0 Å². The molecule has 0 radical (unpaired) electrons. The highest BCUT2D eigenvalue weighted by Gasteiger charge is 2.24. The molecule has 2 aromatic rings. The van der Waals surface area contributed by atoms with Gasteiger partial charge in [0.05, 0.1) is 12.1 Å². The molecule has 0 amide bonds. The summed E-state index contributed by atoms with van der Waals surface area (Å²) in [4.78, 5) is 7.51. The predicted molar refractivity (Wildman–Crippen MR) is 88.7 cm³/mol. The standard InChI is InChI=1S/C14H15N5O2S2/c1-17-23(20,21)9-2-3-13(18-7-9)19-5-4-10-11(6-15)14(16)22-12(10)8-19/h2-3,7,17H,4-5,8,16H2,1H3. The molecule has 3 rings (SSSR count). The highest BCUT2D eigenvalue weighted by atomic mass is 32.2. The number of fused-ring (bicyclic) bond motifs is 1. The number of sulfonamides is 1. The van der Waals surface area contributed by atoms with E-state index in [-0.39, 0.29) is 4.90 Å². The predicted octanol–water partition coefficient (Wildman–Crippen LogP) is 1.07. The van der Waals surface area contributed by atoms with Crippen molar-refractivity contribution in [3.63, 3.8) is 0 Å². The van der Waals surface area contributed by atoms with Gasteiger partial charge in [0.2, 0.25) is 10.0 Å². The number of nitrogens with zero attached hydrogens (tertiary/aromatic N) is 3. The molecule has 7 nitrogen and oxygen atoms in total. The van der Waals surface area contributed by atoms with Crippen LogP contribution in [0.1, 0.15) is 16.0 Å². The van der Waals surface area contributed by atoms with Gasteiger partial charge in [0, 0.05) is 17.6 Å². The molecule has 1 aliphatic heterocycles. The number of nitrogen functional groups attached to an aromatic ring is 1. The van der Waals surface area contributed by atoms with Crippen molar-refractivity contribution in [3.8, 4) is 6.07 Å². The largest absolute Gasteiger partial charge is 0.389 e. The summed E-state index contributed by atoms with van der Waals surface area (Å²) in [5, 5.41) is 9.72. The maximum Gasteiger partial charge on any atom is 0.241 e. The van der Waals surface area contributed by atoms with Gasteiger partial charge in [-0.2, -0.15) is 5.26 Å². The molecule has 0 aromatic carbocycles. The molecule has 23 heavy (non-hydrogen) atoms. The van der Waals surface area contributed by atoms with Crippen LogP contribution in [0.5, 0.6) is 0 Å².